The minimum absolute atomic E-state index is 0.00421. The number of anilines is 1. The van der Waals surface area contributed by atoms with Gasteiger partial charge in [0.25, 0.3) is 11.6 Å². The molecule has 0 spiro atoms. The zero-order valence-corrected chi connectivity index (χ0v) is 14.6. The first-order chi connectivity index (χ1) is 12.3. The van der Waals surface area contributed by atoms with E-state index in [4.69, 9.17) is 10.5 Å². The van der Waals surface area contributed by atoms with Crippen molar-refractivity contribution >= 4 is 23.3 Å². The van der Waals surface area contributed by atoms with E-state index < -0.39 is 17.5 Å². The molecule has 1 amide bonds. The van der Waals surface area contributed by atoms with Crippen molar-refractivity contribution < 1.29 is 19.2 Å². The lowest BCUT2D eigenvalue weighted by Gasteiger charge is -2.28. The zero-order valence-electron chi connectivity index (χ0n) is 14.6. The Balaban J connectivity index is 1.49. The summed E-state index contributed by atoms with van der Waals surface area (Å²) in [6, 6.07) is 3.55. The Morgan fingerprint density at radius 2 is 2.15 bits per heavy atom. The molecule has 0 saturated heterocycles. The molecule has 3 rings (SSSR count). The monoisotopic (exact) mass is 361 g/mol. The van der Waals surface area contributed by atoms with Crippen LogP contribution in [-0.4, -0.2) is 29.4 Å². The highest BCUT2D eigenvalue weighted by molar-refractivity contribution is 5.96. The van der Waals surface area contributed by atoms with Gasteiger partial charge in [-0.15, -0.1) is 0 Å². The maximum Gasteiger partial charge on any atom is 0.340 e. The normalized spacial score (nSPS) is 24.9. The van der Waals surface area contributed by atoms with E-state index in [1.807, 2.05) is 6.92 Å². The molecule has 2 aliphatic rings. The second kappa shape index (κ2) is 7.31. The molecule has 2 bridgehead atoms. The van der Waals surface area contributed by atoms with Gasteiger partial charge in [0, 0.05) is 18.2 Å². The number of nitro groups is 1. The first kappa shape index (κ1) is 18.2. The van der Waals surface area contributed by atoms with Crippen molar-refractivity contribution in [1.29, 1.82) is 0 Å². The van der Waals surface area contributed by atoms with E-state index in [1.54, 1.807) is 0 Å². The van der Waals surface area contributed by atoms with Crippen molar-refractivity contribution in [3.05, 3.63) is 33.9 Å². The lowest BCUT2D eigenvalue weighted by atomic mass is 9.84. The van der Waals surface area contributed by atoms with E-state index in [0.717, 1.165) is 18.4 Å². The molecule has 1 aromatic carbocycles. The summed E-state index contributed by atoms with van der Waals surface area (Å²) in [4.78, 5) is 34.2. The summed E-state index contributed by atoms with van der Waals surface area (Å²) in [7, 11) is 0. The number of rotatable bonds is 6. The van der Waals surface area contributed by atoms with E-state index in [9.17, 15) is 19.7 Å². The third kappa shape index (κ3) is 3.79. The number of nitrogens with one attached hydrogen (secondary N) is 1. The van der Waals surface area contributed by atoms with Crippen LogP contribution < -0.4 is 11.1 Å². The number of hydrogen-bond acceptors (Lipinski definition) is 6. The van der Waals surface area contributed by atoms with Gasteiger partial charge in [0.15, 0.2) is 6.61 Å². The van der Waals surface area contributed by atoms with Crippen molar-refractivity contribution in [3.8, 4) is 0 Å². The fourth-order valence-corrected chi connectivity index (χ4v) is 4.37. The number of carbonyl (C=O) groups is 2. The average Bonchev–Trinajstić information content (AvgIpc) is 3.22. The summed E-state index contributed by atoms with van der Waals surface area (Å²) in [5.74, 6) is 0.859. The average molecular weight is 361 g/mol. The number of nitro benzene ring substituents is 1. The predicted molar refractivity (Wildman–Crippen MR) is 94.3 cm³/mol. The highest BCUT2D eigenvalue weighted by atomic mass is 16.6. The molecule has 0 aliphatic heterocycles. The summed E-state index contributed by atoms with van der Waals surface area (Å²) in [5.41, 5.74) is 5.40. The molecule has 0 radical (unpaired) electrons. The van der Waals surface area contributed by atoms with Crippen molar-refractivity contribution in [2.24, 2.45) is 17.8 Å². The number of hydrogen-bond donors (Lipinski definition) is 2. The molecular formula is C18H23N3O5. The molecule has 140 valence electrons. The highest BCUT2D eigenvalue weighted by Crippen LogP contribution is 2.49. The second-order valence-corrected chi connectivity index (χ2v) is 7.30. The second-order valence-electron chi connectivity index (χ2n) is 7.30. The van der Waals surface area contributed by atoms with E-state index in [2.05, 4.69) is 5.32 Å². The van der Waals surface area contributed by atoms with Gasteiger partial charge in [0.2, 0.25) is 0 Å². The van der Waals surface area contributed by atoms with Crippen molar-refractivity contribution in [1.82, 2.24) is 5.32 Å². The molecule has 0 aromatic heterocycles. The Labute approximate surface area is 151 Å². The molecule has 26 heavy (non-hydrogen) atoms. The molecule has 0 heterocycles. The summed E-state index contributed by atoms with van der Waals surface area (Å²) in [6.07, 6.45) is 4.96. The van der Waals surface area contributed by atoms with Crippen LogP contribution in [0.3, 0.4) is 0 Å². The largest absolute Gasteiger partial charge is 0.452 e. The van der Waals surface area contributed by atoms with Crippen LogP contribution in [0.2, 0.25) is 0 Å². The van der Waals surface area contributed by atoms with Gasteiger partial charge in [-0.2, -0.15) is 0 Å². The van der Waals surface area contributed by atoms with Crippen LogP contribution in [0.25, 0.3) is 0 Å². The number of nitrogens with zero attached hydrogens (tertiary/aromatic N) is 1. The van der Waals surface area contributed by atoms with E-state index >= 15 is 0 Å². The third-order valence-electron chi connectivity index (χ3n) is 5.62. The maximum absolute atomic E-state index is 12.1. The summed E-state index contributed by atoms with van der Waals surface area (Å²) < 4.78 is 5.00. The number of nitrogen functional groups attached to an aromatic ring is 1. The van der Waals surface area contributed by atoms with E-state index in [0.29, 0.717) is 11.8 Å². The van der Waals surface area contributed by atoms with Crippen LogP contribution in [0.4, 0.5) is 11.4 Å². The van der Waals surface area contributed by atoms with Crippen molar-refractivity contribution in [2.45, 2.75) is 38.6 Å². The van der Waals surface area contributed by atoms with Crippen LogP contribution in [0, 0.1) is 27.9 Å². The zero-order chi connectivity index (χ0) is 18.8. The van der Waals surface area contributed by atoms with Gasteiger partial charge in [-0.05, 0) is 50.0 Å². The number of carbonyl (C=O) groups excluding carboxylic acids is 2. The lowest BCUT2D eigenvalue weighted by Crippen LogP contribution is -2.42. The Hall–Kier alpha value is -2.64. The number of amides is 1. The Morgan fingerprint density at radius 3 is 2.73 bits per heavy atom. The lowest BCUT2D eigenvalue weighted by molar-refractivity contribution is -0.384. The quantitative estimate of drug-likeness (QED) is 0.347. The predicted octanol–water partition coefficient (Wildman–Crippen LogP) is 2.27. The third-order valence-corrected chi connectivity index (χ3v) is 5.62. The van der Waals surface area contributed by atoms with E-state index in [1.165, 1.54) is 31.4 Å². The van der Waals surface area contributed by atoms with Gasteiger partial charge in [-0.3, -0.25) is 14.9 Å². The fourth-order valence-electron chi connectivity index (χ4n) is 4.37. The number of nitrogens with two attached hydrogens (primary N) is 1. The van der Waals surface area contributed by atoms with Crippen LogP contribution in [-0.2, 0) is 9.53 Å². The van der Waals surface area contributed by atoms with Gasteiger partial charge < -0.3 is 15.8 Å². The fraction of sp³-hybridized carbons (Fsp3) is 0.556. The molecule has 3 N–H and O–H groups in total. The standard InChI is InChI=1S/C18H23N3O5/c1-10(15-7-11-2-3-12(15)6-11)20-17(22)9-26-18(23)14-5-4-13(21(24)25)8-16(14)19/h4-5,8,10-12,15H,2-3,6-7,9,19H2,1H3,(H,20,22)/t10-,11+,12+,15-/m1/s1. The number of benzene rings is 1. The Bertz CT molecular complexity index is 736. The summed E-state index contributed by atoms with van der Waals surface area (Å²) >= 11 is 0. The molecule has 2 saturated carbocycles. The van der Waals surface area contributed by atoms with Gasteiger partial charge >= 0.3 is 5.97 Å². The number of non-ortho nitro benzene ring substituents is 1. The Morgan fingerprint density at radius 1 is 1.38 bits per heavy atom. The van der Waals surface area contributed by atoms with Crippen LogP contribution in [0.15, 0.2) is 18.2 Å². The molecule has 0 unspecified atom stereocenters. The SMILES string of the molecule is C[C@@H](NC(=O)COC(=O)c1ccc([N+](=O)[O-])cc1N)[C@H]1C[C@H]2CC[C@H]1C2. The summed E-state index contributed by atoms with van der Waals surface area (Å²) in [6.45, 7) is 1.60. The van der Waals surface area contributed by atoms with Crippen LogP contribution >= 0.6 is 0 Å². The first-order valence-corrected chi connectivity index (χ1v) is 8.85. The minimum Gasteiger partial charge on any atom is -0.452 e. The molecule has 8 nitrogen and oxygen atoms in total. The van der Waals surface area contributed by atoms with Crippen LogP contribution in [0.1, 0.15) is 43.0 Å². The maximum atomic E-state index is 12.1. The Kier molecular flexibility index (Phi) is 5.11. The van der Waals surface area contributed by atoms with Gasteiger partial charge in [0.05, 0.1) is 16.2 Å². The molecule has 2 aliphatic carbocycles. The highest BCUT2D eigenvalue weighted by Gasteiger charge is 2.42. The van der Waals surface area contributed by atoms with E-state index in [-0.39, 0.29) is 28.9 Å². The molecule has 8 heteroatoms. The number of ether oxygens (including phenoxy) is 1. The topological polar surface area (TPSA) is 125 Å². The molecule has 4 atom stereocenters. The van der Waals surface area contributed by atoms with Crippen molar-refractivity contribution in [3.63, 3.8) is 0 Å². The van der Waals surface area contributed by atoms with Gasteiger partial charge in [0.1, 0.15) is 0 Å². The molecule has 2 fully saturated rings. The molecule has 1 aromatic rings. The van der Waals surface area contributed by atoms with Gasteiger partial charge in [-0.1, -0.05) is 6.42 Å². The summed E-state index contributed by atoms with van der Waals surface area (Å²) in [5, 5.41) is 13.6. The number of esters is 1. The molecular weight excluding hydrogens is 338 g/mol. The van der Waals surface area contributed by atoms with Gasteiger partial charge in [-0.25, -0.2) is 4.79 Å². The minimum atomic E-state index is -0.778. The number of fused-ring (bicyclic) bond motifs is 2. The smallest absolute Gasteiger partial charge is 0.340 e. The van der Waals surface area contributed by atoms with Crippen LogP contribution in [0.5, 0.6) is 0 Å². The van der Waals surface area contributed by atoms with Crippen molar-refractivity contribution in [2.75, 3.05) is 12.3 Å². The first-order valence-electron chi connectivity index (χ1n) is 8.85.